The van der Waals surface area contributed by atoms with Crippen molar-refractivity contribution in [3.63, 3.8) is 0 Å². The van der Waals surface area contributed by atoms with Crippen LogP contribution in [0, 0.1) is 12.8 Å². The summed E-state index contributed by atoms with van der Waals surface area (Å²) < 4.78 is 5.83. The zero-order valence-corrected chi connectivity index (χ0v) is 19.4. The van der Waals surface area contributed by atoms with Crippen LogP contribution >= 0.6 is 22.9 Å². The molecule has 32 heavy (non-hydrogen) atoms. The normalized spacial score (nSPS) is 14.5. The maximum Gasteiger partial charge on any atom is 0.253 e. The van der Waals surface area contributed by atoms with Crippen LogP contribution in [0.15, 0.2) is 46.0 Å². The third-order valence-corrected chi connectivity index (χ3v) is 6.85. The van der Waals surface area contributed by atoms with E-state index in [1.165, 1.54) is 18.4 Å². The van der Waals surface area contributed by atoms with Gasteiger partial charge in [-0.05, 0) is 61.7 Å². The smallest absolute Gasteiger partial charge is 0.253 e. The van der Waals surface area contributed by atoms with Gasteiger partial charge in [-0.3, -0.25) is 4.79 Å². The first kappa shape index (κ1) is 21.0. The summed E-state index contributed by atoms with van der Waals surface area (Å²) in [6, 6.07) is 7.08. The number of benzene rings is 1. The van der Waals surface area contributed by atoms with Crippen LogP contribution in [-0.4, -0.2) is 21.6 Å². The number of nitrogens with zero attached hydrogens (tertiary/aromatic N) is 2. The summed E-state index contributed by atoms with van der Waals surface area (Å²) in [4.78, 5) is 24.8. The van der Waals surface area contributed by atoms with Crippen molar-refractivity contribution in [2.75, 3.05) is 11.9 Å². The Morgan fingerprint density at radius 3 is 2.91 bits per heavy atom. The number of hydrogen-bond donors (Lipinski definition) is 2. The van der Waals surface area contributed by atoms with Gasteiger partial charge in [0.05, 0.1) is 28.9 Å². The number of aryl methyl sites for hydroxylation is 1. The summed E-state index contributed by atoms with van der Waals surface area (Å²) in [6.45, 7) is 4.64. The summed E-state index contributed by atoms with van der Waals surface area (Å²) in [7, 11) is 0. The minimum atomic E-state index is -0.299. The Kier molecular flexibility index (Phi) is 5.61. The van der Waals surface area contributed by atoms with Crippen molar-refractivity contribution in [2.24, 2.45) is 5.92 Å². The van der Waals surface area contributed by atoms with Crippen LogP contribution in [-0.2, 0) is 0 Å². The van der Waals surface area contributed by atoms with Gasteiger partial charge in [-0.15, -0.1) is 0 Å². The fourth-order valence-electron chi connectivity index (χ4n) is 3.62. The number of pyridine rings is 1. The van der Waals surface area contributed by atoms with Gasteiger partial charge in [0, 0.05) is 34.2 Å². The second-order valence-electron chi connectivity index (χ2n) is 8.28. The molecule has 2 N–H and O–H groups in total. The van der Waals surface area contributed by atoms with Crippen LogP contribution in [0.3, 0.4) is 0 Å². The topological polar surface area (TPSA) is 79.9 Å². The van der Waals surface area contributed by atoms with E-state index in [-0.39, 0.29) is 11.6 Å². The molecule has 1 atom stereocenters. The summed E-state index contributed by atoms with van der Waals surface area (Å²) in [5, 5.41) is 8.81. The largest absolute Gasteiger partial charge is 0.492 e. The van der Waals surface area contributed by atoms with E-state index in [9.17, 15) is 4.79 Å². The first-order chi connectivity index (χ1) is 15.5. The molecule has 0 amide bonds. The van der Waals surface area contributed by atoms with E-state index in [0.29, 0.717) is 40.3 Å². The highest BCUT2D eigenvalue weighted by molar-refractivity contribution is 7.08. The molecule has 4 aromatic rings. The van der Waals surface area contributed by atoms with Crippen LogP contribution in [0.25, 0.3) is 22.2 Å². The van der Waals surface area contributed by atoms with E-state index in [1.54, 1.807) is 23.6 Å². The highest BCUT2D eigenvalue weighted by atomic mass is 35.5. The number of halogens is 1. The molecule has 0 aliphatic heterocycles. The van der Waals surface area contributed by atoms with E-state index in [0.717, 1.165) is 16.6 Å². The van der Waals surface area contributed by atoms with Crippen LogP contribution < -0.4 is 15.6 Å². The number of H-pyrrole nitrogens is 1. The lowest BCUT2D eigenvalue weighted by molar-refractivity contribution is 0.300. The van der Waals surface area contributed by atoms with E-state index in [1.807, 2.05) is 25.1 Å². The van der Waals surface area contributed by atoms with Gasteiger partial charge in [-0.25, -0.2) is 9.97 Å². The van der Waals surface area contributed by atoms with Crippen LogP contribution in [0.1, 0.15) is 36.9 Å². The van der Waals surface area contributed by atoms with Gasteiger partial charge in [0.1, 0.15) is 5.75 Å². The van der Waals surface area contributed by atoms with E-state index in [2.05, 4.69) is 38.0 Å². The molecular formula is C24H23ClN4O2S. The Bertz CT molecular complexity index is 1350. The van der Waals surface area contributed by atoms with Crippen molar-refractivity contribution in [2.45, 2.75) is 32.7 Å². The number of hydrogen-bond acceptors (Lipinski definition) is 6. The molecular weight excluding hydrogens is 444 g/mol. The monoisotopic (exact) mass is 466 g/mol. The zero-order valence-electron chi connectivity index (χ0n) is 17.8. The third-order valence-electron chi connectivity index (χ3n) is 5.70. The molecule has 164 valence electrons. The number of thiophene rings is 1. The molecule has 0 saturated heterocycles. The quantitative estimate of drug-likeness (QED) is 0.350. The number of aromatic nitrogens is 3. The fraction of sp³-hybridized carbons (Fsp3) is 0.292. The molecule has 3 aromatic heterocycles. The summed E-state index contributed by atoms with van der Waals surface area (Å²) in [6.07, 6.45) is 4.13. The minimum Gasteiger partial charge on any atom is -0.492 e. The second kappa shape index (κ2) is 8.56. The average molecular weight is 467 g/mol. The molecule has 3 heterocycles. The molecule has 0 bridgehead atoms. The lowest BCUT2D eigenvalue weighted by atomic mass is 10.1. The average Bonchev–Trinajstić information content (AvgIpc) is 3.50. The predicted molar refractivity (Wildman–Crippen MR) is 130 cm³/mol. The molecule has 6 nitrogen and oxygen atoms in total. The predicted octanol–water partition coefficient (Wildman–Crippen LogP) is 5.97. The summed E-state index contributed by atoms with van der Waals surface area (Å²) in [5.41, 5.74) is 4.24. The molecule has 1 saturated carbocycles. The van der Waals surface area contributed by atoms with Crippen LogP contribution in [0.4, 0.5) is 5.95 Å². The van der Waals surface area contributed by atoms with Gasteiger partial charge in [0.2, 0.25) is 5.95 Å². The number of fused-ring (bicyclic) bond motifs is 1. The molecule has 8 heteroatoms. The lowest BCUT2D eigenvalue weighted by Gasteiger charge is -2.15. The highest BCUT2D eigenvalue weighted by Gasteiger charge is 2.22. The maximum atomic E-state index is 12.8. The van der Waals surface area contributed by atoms with Gasteiger partial charge in [-0.1, -0.05) is 11.6 Å². The molecule has 1 aliphatic rings. The Morgan fingerprint density at radius 1 is 1.31 bits per heavy atom. The Morgan fingerprint density at radius 2 is 2.16 bits per heavy atom. The van der Waals surface area contributed by atoms with Crippen molar-refractivity contribution < 1.29 is 4.74 Å². The number of nitrogens with one attached hydrogen (secondary N) is 2. The Hall–Kier alpha value is -2.90. The lowest BCUT2D eigenvalue weighted by Crippen LogP contribution is -2.20. The first-order valence-electron chi connectivity index (χ1n) is 10.6. The minimum absolute atomic E-state index is 0.169. The molecule has 5 rings (SSSR count). The highest BCUT2D eigenvalue weighted by Crippen LogP contribution is 2.34. The van der Waals surface area contributed by atoms with Crippen LogP contribution in [0.5, 0.6) is 5.75 Å². The number of ether oxygens (including phenoxy) is 1. The van der Waals surface area contributed by atoms with Gasteiger partial charge in [-0.2, -0.15) is 11.3 Å². The molecule has 0 spiro atoms. The second-order valence-corrected chi connectivity index (χ2v) is 9.43. The number of aromatic amines is 1. The molecule has 1 aromatic carbocycles. The maximum absolute atomic E-state index is 12.8. The van der Waals surface area contributed by atoms with E-state index in [4.69, 9.17) is 16.3 Å². The number of anilines is 1. The van der Waals surface area contributed by atoms with Crippen molar-refractivity contribution in [1.29, 1.82) is 0 Å². The van der Waals surface area contributed by atoms with Crippen molar-refractivity contribution in [3.05, 3.63) is 67.7 Å². The molecule has 0 unspecified atom stereocenters. The van der Waals surface area contributed by atoms with E-state index < -0.39 is 0 Å². The van der Waals surface area contributed by atoms with Crippen LogP contribution in [0.2, 0.25) is 5.02 Å². The van der Waals surface area contributed by atoms with Gasteiger partial charge >= 0.3 is 0 Å². The fourth-order valence-corrected chi connectivity index (χ4v) is 4.69. The molecule has 1 fully saturated rings. The summed E-state index contributed by atoms with van der Waals surface area (Å²) >= 11 is 8.08. The van der Waals surface area contributed by atoms with Gasteiger partial charge in [0.25, 0.3) is 5.56 Å². The standard InChI is InChI=1S/C24H23ClN4O2S/c1-13-11-32-12-18(13)20-5-6-26-24(29-20)27-14(2)17-7-16-8-19(25)22(31-10-15-3-4-15)9-21(16)28-23(17)30/h5-9,11-12,14-15H,3-4,10H2,1-2H3,(H,28,30)(H,26,27,29)/t14-/m0/s1. The number of rotatable bonds is 7. The van der Waals surface area contributed by atoms with Gasteiger partial charge < -0.3 is 15.0 Å². The van der Waals surface area contributed by atoms with E-state index >= 15 is 0 Å². The first-order valence-corrected chi connectivity index (χ1v) is 11.9. The SMILES string of the molecule is Cc1cscc1-c1ccnc(N[C@@H](C)c2cc3cc(Cl)c(OCC4CC4)cc3[nH]c2=O)n1. The molecule has 1 aliphatic carbocycles. The Balaban J connectivity index is 1.40. The van der Waals surface area contributed by atoms with Gasteiger partial charge in [0.15, 0.2) is 0 Å². The third kappa shape index (κ3) is 4.36. The van der Waals surface area contributed by atoms with Crippen molar-refractivity contribution in [3.8, 4) is 17.0 Å². The zero-order chi connectivity index (χ0) is 22.2. The van der Waals surface area contributed by atoms with Crippen molar-refractivity contribution >= 4 is 39.8 Å². The molecule has 0 radical (unpaired) electrons. The van der Waals surface area contributed by atoms with Crippen molar-refractivity contribution in [1.82, 2.24) is 15.0 Å². The Labute approximate surface area is 194 Å². The summed E-state index contributed by atoms with van der Waals surface area (Å²) in [5.74, 6) is 1.70.